The first-order valence-electron chi connectivity index (χ1n) is 9.69. The minimum atomic E-state index is -3.78. The molecule has 2 aromatic rings. The quantitative estimate of drug-likeness (QED) is 0.617. The molecule has 0 spiro atoms. The Morgan fingerprint density at radius 3 is 2.39 bits per heavy atom. The van der Waals surface area contributed by atoms with E-state index in [2.05, 4.69) is 14.8 Å². The molecule has 2 aromatic carbocycles. The number of esters is 1. The van der Waals surface area contributed by atoms with Crippen molar-refractivity contribution in [3.8, 4) is 11.5 Å². The number of ether oxygens (including phenoxy) is 4. The van der Waals surface area contributed by atoms with Gasteiger partial charge in [0.1, 0.15) is 0 Å². The molecule has 0 atom stereocenters. The summed E-state index contributed by atoms with van der Waals surface area (Å²) in [6.07, 6.45) is -3.78. The molecule has 1 fully saturated rings. The normalized spacial score (nSPS) is 17.4. The lowest BCUT2D eigenvalue weighted by molar-refractivity contribution is -0.286. The number of rotatable bonds is 6. The van der Waals surface area contributed by atoms with Crippen LogP contribution >= 0.6 is 0 Å². The highest BCUT2D eigenvalue weighted by molar-refractivity contribution is 7.89. The van der Waals surface area contributed by atoms with E-state index in [0.29, 0.717) is 13.2 Å². The second-order valence-electron chi connectivity index (χ2n) is 6.99. The van der Waals surface area contributed by atoms with Gasteiger partial charge in [-0.05, 0) is 36.4 Å². The van der Waals surface area contributed by atoms with Crippen molar-refractivity contribution < 1.29 is 45.7 Å². The van der Waals surface area contributed by atoms with Crippen LogP contribution in [-0.2, 0) is 24.3 Å². The number of hydrogen-bond donors (Lipinski definition) is 1. The first kappa shape index (κ1) is 22.9. The van der Waals surface area contributed by atoms with Crippen molar-refractivity contribution in [3.63, 3.8) is 0 Å². The van der Waals surface area contributed by atoms with Crippen LogP contribution in [0.15, 0.2) is 47.4 Å². The highest BCUT2D eigenvalue weighted by atomic mass is 32.2. The number of fused-ring (bicyclic) bond motifs is 1. The largest absolute Gasteiger partial charge is 0.586 e. The number of hydrogen-bond acceptors (Lipinski definition) is 8. The van der Waals surface area contributed by atoms with E-state index in [4.69, 9.17) is 9.47 Å². The van der Waals surface area contributed by atoms with Crippen molar-refractivity contribution in [1.82, 2.24) is 4.31 Å². The molecule has 1 amide bonds. The van der Waals surface area contributed by atoms with Crippen LogP contribution in [0.1, 0.15) is 10.4 Å². The van der Waals surface area contributed by atoms with Crippen LogP contribution in [0.5, 0.6) is 11.5 Å². The summed E-state index contributed by atoms with van der Waals surface area (Å²) in [6, 6.07) is 8.79. The Morgan fingerprint density at radius 2 is 1.70 bits per heavy atom. The first-order chi connectivity index (χ1) is 15.6. The van der Waals surface area contributed by atoms with Crippen molar-refractivity contribution in [2.75, 3.05) is 38.2 Å². The molecule has 2 aliphatic rings. The van der Waals surface area contributed by atoms with E-state index in [0.717, 1.165) is 6.07 Å². The Morgan fingerprint density at radius 1 is 1.03 bits per heavy atom. The Hall–Kier alpha value is -3.29. The SMILES string of the molecule is O=C(COC(=O)c1ccc(S(=O)(=O)N2CCOCC2)cc1)Nc1ccc2c(c1)OC(F)(F)O2. The average Bonchev–Trinajstić information content (AvgIpc) is 3.11. The Balaban J connectivity index is 1.31. The lowest BCUT2D eigenvalue weighted by Crippen LogP contribution is -2.40. The summed E-state index contributed by atoms with van der Waals surface area (Å²) in [7, 11) is -3.71. The van der Waals surface area contributed by atoms with Gasteiger partial charge >= 0.3 is 12.3 Å². The Bertz CT molecular complexity index is 1170. The van der Waals surface area contributed by atoms with Gasteiger partial charge in [-0.3, -0.25) is 4.79 Å². The van der Waals surface area contributed by atoms with Crippen LogP contribution in [0.2, 0.25) is 0 Å². The molecule has 2 aliphatic heterocycles. The molecule has 1 N–H and O–H groups in total. The molecule has 10 nitrogen and oxygen atoms in total. The van der Waals surface area contributed by atoms with E-state index in [1.807, 2.05) is 0 Å². The molecule has 13 heteroatoms. The van der Waals surface area contributed by atoms with E-state index in [-0.39, 0.29) is 40.7 Å². The Labute approximate surface area is 187 Å². The average molecular weight is 484 g/mol. The number of sulfonamides is 1. The molecule has 0 aliphatic carbocycles. The summed E-state index contributed by atoms with van der Waals surface area (Å²) < 4.78 is 71.3. The van der Waals surface area contributed by atoms with Gasteiger partial charge in [0.05, 0.1) is 23.7 Å². The molecule has 33 heavy (non-hydrogen) atoms. The van der Waals surface area contributed by atoms with Gasteiger partial charge in [0, 0.05) is 24.8 Å². The van der Waals surface area contributed by atoms with E-state index >= 15 is 0 Å². The topological polar surface area (TPSA) is 120 Å². The Kier molecular flexibility index (Phi) is 6.19. The third kappa shape index (κ3) is 5.21. The number of nitrogens with one attached hydrogen (secondary N) is 1. The molecule has 0 unspecified atom stereocenters. The van der Waals surface area contributed by atoms with Crippen molar-refractivity contribution in [2.24, 2.45) is 0 Å². The number of amides is 1. The highest BCUT2D eigenvalue weighted by Crippen LogP contribution is 2.42. The van der Waals surface area contributed by atoms with E-state index in [9.17, 15) is 26.8 Å². The zero-order chi connectivity index (χ0) is 23.6. The summed E-state index contributed by atoms with van der Waals surface area (Å²) in [5.74, 6) is -1.99. The smallest absolute Gasteiger partial charge is 0.452 e. The maximum Gasteiger partial charge on any atom is 0.586 e. The van der Waals surface area contributed by atoms with Crippen LogP contribution in [0.3, 0.4) is 0 Å². The predicted octanol–water partition coefficient (Wildman–Crippen LogP) is 1.82. The van der Waals surface area contributed by atoms with Crippen LogP contribution < -0.4 is 14.8 Å². The second-order valence-corrected chi connectivity index (χ2v) is 8.93. The highest BCUT2D eigenvalue weighted by Gasteiger charge is 2.43. The van der Waals surface area contributed by atoms with Gasteiger partial charge in [-0.15, -0.1) is 8.78 Å². The number of carbonyl (C=O) groups excluding carboxylic acids is 2. The fraction of sp³-hybridized carbons (Fsp3) is 0.300. The third-order valence-corrected chi connectivity index (χ3v) is 6.63. The lowest BCUT2D eigenvalue weighted by atomic mass is 10.2. The van der Waals surface area contributed by atoms with Gasteiger partial charge < -0.3 is 24.3 Å². The van der Waals surface area contributed by atoms with Gasteiger partial charge in [-0.2, -0.15) is 4.31 Å². The van der Waals surface area contributed by atoms with E-state index in [1.165, 1.54) is 40.7 Å². The number of morpholine rings is 1. The van der Waals surface area contributed by atoms with E-state index in [1.54, 1.807) is 0 Å². The molecule has 0 saturated carbocycles. The predicted molar refractivity (Wildman–Crippen MR) is 108 cm³/mol. The summed E-state index contributed by atoms with van der Waals surface area (Å²) >= 11 is 0. The molecule has 1 saturated heterocycles. The number of anilines is 1. The van der Waals surface area contributed by atoms with Crippen LogP contribution in [0.25, 0.3) is 0 Å². The van der Waals surface area contributed by atoms with Crippen molar-refractivity contribution >= 4 is 27.6 Å². The third-order valence-electron chi connectivity index (χ3n) is 4.72. The standard InChI is InChI=1S/C20H18F2N2O8S/c21-20(22)31-16-6-3-14(11-17(16)32-20)23-18(25)12-30-19(26)13-1-4-15(5-2-13)33(27,28)24-7-9-29-10-8-24/h1-6,11H,7-10,12H2,(H,23,25). The maximum atomic E-state index is 13.1. The van der Waals surface area contributed by atoms with Gasteiger partial charge in [0.2, 0.25) is 10.0 Å². The molecule has 176 valence electrons. The molecular weight excluding hydrogens is 466 g/mol. The van der Waals surface area contributed by atoms with E-state index < -0.39 is 34.8 Å². The van der Waals surface area contributed by atoms with Crippen molar-refractivity contribution in [3.05, 3.63) is 48.0 Å². The summed E-state index contributed by atoms with van der Waals surface area (Å²) in [5, 5.41) is 2.38. The lowest BCUT2D eigenvalue weighted by Gasteiger charge is -2.26. The van der Waals surface area contributed by atoms with Gasteiger partial charge in [-0.1, -0.05) is 0 Å². The molecule has 0 aromatic heterocycles. The van der Waals surface area contributed by atoms with Crippen molar-refractivity contribution in [1.29, 1.82) is 0 Å². The zero-order valence-electron chi connectivity index (χ0n) is 17.0. The number of nitrogens with zero attached hydrogens (tertiary/aromatic N) is 1. The maximum absolute atomic E-state index is 13.1. The first-order valence-corrected chi connectivity index (χ1v) is 11.1. The van der Waals surface area contributed by atoms with Crippen LogP contribution in [0, 0.1) is 0 Å². The van der Waals surface area contributed by atoms with Gasteiger partial charge in [0.15, 0.2) is 18.1 Å². The van der Waals surface area contributed by atoms with Crippen LogP contribution in [-0.4, -0.2) is 63.8 Å². The number of alkyl halides is 2. The summed E-state index contributed by atoms with van der Waals surface area (Å²) in [5.41, 5.74) is 0.183. The number of carbonyl (C=O) groups is 2. The molecule has 2 heterocycles. The van der Waals surface area contributed by atoms with Gasteiger partial charge in [0.25, 0.3) is 5.91 Å². The molecule has 4 rings (SSSR count). The van der Waals surface area contributed by atoms with Crippen molar-refractivity contribution in [2.45, 2.75) is 11.2 Å². The monoisotopic (exact) mass is 484 g/mol. The van der Waals surface area contributed by atoms with Gasteiger partial charge in [-0.25, -0.2) is 13.2 Å². The van der Waals surface area contributed by atoms with Crippen LogP contribution in [0.4, 0.5) is 14.5 Å². The minimum Gasteiger partial charge on any atom is -0.452 e. The fourth-order valence-corrected chi connectivity index (χ4v) is 4.55. The number of benzene rings is 2. The minimum absolute atomic E-state index is 0.0204. The number of halogens is 2. The molecule has 0 radical (unpaired) electrons. The fourth-order valence-electron chi connectivity index (χ4n) is 3.14. The zero-order valence-corrected chi connectivity index (χ0v) is 17.8. The summed E-state index contributed by atoms with van der Waals surface area (Å²) in [6.45, 7) is 0.451. The summed E-state index contributed by atoms with van der Waals surface area (Å²) in [4.78, 5) is 24.2. The molecular formula is C20H18F2N2O8S. The second kappa shape index (κ2) is 8.92. The molecule has 0 bridgehead atoms.